The van der Waals surface area contributed by atoms with Gasteiger partial charge in [0.25, 0.3) is 0 Å². The first kappa shape index (κ1) is 10.6. The molecule has 0 amide bonds. The van der Waals surface area contributed by atoms with Crippen LogP contribution >= 0.6 is 11.3 Å². The number of carboxylic acids is 1. The minimum atomic E-state index is -1.04. The molecule has 4 nitrogen and oxygen atoms in total. The molecule has 16 heavy (non-hydrogen) atoms. The number of aromatic nitrogens is 1. The van der Waals surface area contributed by atoms with Crippen molar-refractivity contribution in [3.8, 4) is 0 Å². The van der Waals surface area contributed by atoms with E-state index in [9.17, 15) is 9.59 Å². The highest BCUT2D eigenvalue weighted by atomic mass is 32.1. The highest BCUT2D eigenvalue weighted by Gasteiger charge is 2.16. The van der Waals surface area contributed by atoms with E-state index in [4.69, 9.17) is 5.11 Å². The molecule has 0 aliphatic rings. The molecule has 2 rings (SSSR count). The average molecular weight is 235 g/mol. The number of nitrogens with zero attached hydrogens (tertiary/aromatic N) is 1. The Balaban J connectivity index is 2.39. The van der Waals surface area contributed by atoms with Crippen molar-refractivity contribution >= 4 is 23.1 Å². The van der Waals surface area contributed by atoms with Gasteiger partial charge in [-0.3, -0.25) is 4.79 Å². The van der Waals surface area contributed by atoms with Crippen molar-refractivity contribution in [2.24, 2.45) is 7.05 Å². The van der Waals surface area contributed by atoms with E-state index in [1.54, 1.807) is 18.5 Å². The van der Waals surface area contributed by atoms with Gasteiger partial charge in [0, 0.05) is 29.8 Å². The van der Waals surface area contributed by atoms with E-state index in [2.05, 4.69) is 0 Å². The van der Waals surface area contributed by atoms with Crippen molar-refractivity contribution < 1.29 is 14.7 Å². The van der Waals surface area contributed by atoms with Gasteiger partial charge in [0.15, 0.2) is 5.78 Å². The molecule has 0 saturated carbocycles. The first-order chi connectivity index (χ1) is 7.59. The minimum absolute atomic E-state index is 0.110. The second-order valence-electron chi connectivity index (χ2n) is 3.37. The summed E-state index contributed by atoms with van der Waals surface area (Å²) in [4.78, 5) is 22.7. The lowest BCUT2D eigenvalue weighted by Gasteiger charge is -1.93. The van der Waals surface area contributed by atoms with Gasteiger partial charge >= 0.3 is 5.97 Å². The molecule has 0 aromatic carbocycles. The Bertz CT molecular complexity index is 540. The van der Waals surface area contributed by atoms with Crippen molar-refractivity contribution in [3.63, 3.8) is 0 Å². The zero-order valence-corrected chi connectivity index (χ0v) is 9.32. The molecular weight excluding hydrogens is 226 g/mol. The Morgan fingerprint density at radius 3 is 2.62 bits per heavy atom. The van der Waals surface area contributed by atoms with Crippen molar-refractivity contribution in [1.29, 1.82) is 0 Å². The number of rotatable bonds is 3. The van der Waals surface area contributed by atoms with Gasteiger partial charge < -0.3 is 9.67 Å². The van der Waals surface area contributed by atoms with E-state index in [0.29, 0.717) is 11.1 Å². The molecule has 2 aromatic rings. The number of ketones is 1. The zero-order chi connectivity index (χ0) is 11.7. The van der Waals surface area contributed by atoms with E-state index in [1.165, 1.54) is 28.2 Å². The fourth-order valence-corrected chi connectivity index (χ4v) is 2.10. The van der Waals surface area contributed by atoms with Gasteiger partial charge in [-0.2, -0.15) is 11.3 Å². The predicted molar refractivity (Wildman–Crippen MR) is 60.1 cm³/mol. The molecule has 0 atom stereocenters. The van der Waals surface area contributed by atoms with Crippen molar-refractivity contribution in [1.82, 2.24) is 4.57 Å². The molecule has 0 spiro atoms. The highest BCUT2D eigenvalue weighted by Crippen LogP contribution is 2.15. The summed E-state index contributed by atoms with van der Waals surface area (Å²) in [7, 11) is 1.61. The normalized spacial score (nSPS) is 10.3. The molecular formula is C11H9NO3S. The second-order valence-corrected chi connectivity index (χ2v) is 4.15. The Hall–Kier alpha value is -1.88. The third-order valence-electron chi connectivity index (χ3n) is 2.27. The fraction of sp³-hybridized carbons (Fsp3) is 0.0909. The standard InChI is InChI=1S/C11H9NO3S/c1-12-5-8(4-9(12)11(14)15)10(13)7-2-3-16-6-7/h2-6H,1H3,(H,14,15). The number of carbonyl (C=O) groups is 2. The van der Waals surface area contributed by atoms with E-state index in [0.717, 1.165) is 0 Å². The number of aryl methyl sites for hydroxylation is 1. The van der Waals surface area contributed by atoms with Crippen LogP contribution in [-0.2, 0) is 7.05 Å². The molecule has 0 unspecified atom stereocenters. The summed E-state index contributed by atoms with van der Waals surface area (Å²) in [5.41, 5.74) is 1.10. The van der Waals surface area contributed by atoms with Crippen LogP contribution in [0, 0.1) is 0 Å². The monoisotopic (exact) mass is 235 g/mol. The number of aromatic carboxylic acids is 1. The third kappa shape index (κ3) is 1.77. The minimum Gasteiger partial charge on any atom is -0.477 e. The Morgan fingerprint density at radius 1 is 1.38 bits per heavy atom. The molecule has 0 aliphatic carbocycles. The quantitative estimate of drug-likeness (QED) is 0.828. The Morgan fingerprint density at radius 2 is 2.12 bits per heavy atom. The van der Waals surface area contributed by atoms with Gasteiger partial charge in [0.05, 0.1) is 0 Å². The molecule has 5 heteroatoms. The van der Waals surface area contributed by atoms with Crippen molar-refractivity contribution in [2.75, 3.05) is 0 Å². The summed E-state index contributed by atoms with van der Waals surface area (Å²) in [5, 5.41) is 12.4. The molecule has 0 radical (unpaired) electrons. The van der Waals surface area contributed by atoms with Crippen molar-refractivity contribution in [2.45, 2.75) is 0 Å². The summed E-state index contributed by atoms with van der Waals surface area (Å²) in [6.07, 6.45) is 1.53. The topological polar surface area (TPSA) is 59.3 Å². The third-order valence-corrected chi connectivity index (χ3v) is 2.95. The van der Waals surface area contributed by atoms with E-state index in [1.807, 2.05) is 5.38 Å². The smallest absolute Gasteiger partial charge is 0.352 e. The van der Waals surface area contributed by atoms with Crippen LogP contribution in [0.1, 0.15) is 26.4 Å². The van der Waals surface area contributed by atoms with Gasteiger partial charge in [0.1, 0.15) is 5.69 Å². The Labute approximate surface area is 95.8 Å². The molecule has 82 valence electrons. The molecule has 0 bridgehead atoms. The highest BCUT2D eigenvalue weighted by molar-refractivity contribution is 7.08. The van der Waals surface area contributed by atoms with E-state index >= 15 is 0 Å². The van der Waals surface area contributed by atoms with Gasteiger partial charge in [-0.1, -0.05) is 0 Å². The zero-order valence-electron chi connectivity index (χ0n) is 8.51. The molecule has 0 saturated heterocycles. The lowest BCUT2D eigenvalue weighted by Crippen LogP contribution is -2.02. The number of hydrogen-bond donors (Lipinski definition) is 1. The van der Waals surface area contributed by atoms with Crippen LogP contribution < -0.4 is 0 Å². The van der Waals surface area contributed by atoms with Gasteiger partial charge in [0.2, 0.25) is 0 Å². The van der Waals surface area contributed by atoms with Gasteiger partial charge in [-0.15, -0.1) is 0 Å². The van der Waals surface area contributed by atoms with E-state index in [-0.39, 0.29) is 11.5 Å². The summed E-state index contributed by atoms with van der Waals surface area (Å²) in [6, 6.07) is 3.11. The maximum absolute atomic E-state index is 11.9. The molecule has 0 fully saturated rings. The molecule has 0 aliphatic heterocycles. The second kappa shape index (κ2) is 3.94. The lowest BCUT2D eigenvalue weighted by molar-refractivity contribution is 0.0686. The largest absolute Gasteiger partial charge is 0.477 e. The molecule has 1 N–H and O–H groups in total. The number of thiophene rings is 1. The summed E-state index contributed by atoms with van der Waals surface area (Å²) in [5.74, 6) is -1.18. The first-order valence-electron chi connectivity index (χ1n) is 4.56. The van der Waals surface area contributed by atoms with Crippen LogP contribution in [0.25, 0.3) is 0 Å². The Kier molecular flexibility index (Phi) is 2.62. The lowest BCUT2D eigenvalue weighted by atomic mass is 10.1. The number of carbonyl (C=O) groups excluding carboxylic acids is 1. The number of carboxylic acid groups (broad SMARTS) is 1. The van der Waals surface area contributed by atoms with Crippen LogP contribution in [0.5, 0.6) is 0 Å². The van der Waals surface area contributed by atoms with Crippen LogP contribution in [0.4, 0.5) is 0 Å². The van der Waals surface area contributed by atoms with E-state index < -0.39 is 5.97 Å². The summed E-state index contributed by atoms with van der Waals surface area (Å²) < 4.78 is 1.43. The van der Waals surface area contributed by atoms with Crippen LogP contribution in [0.3, 0.4) is 0 Å². The van der Waals surface area contributed by atoms with Crippen LogP contribution in [0.15, 0.2) is 29.1 Å². The summed E-state index contributed by atoms with van der Waals surface area (Å²) >= 11 is 1.44. The predicted octanol–water partition coefficient (Wildman–Crippen LogP) is 2.02. The van der Waals surface area contributed by atoms with Gasteiger partial charge in [-0.25, -0.2) is 4.79 Å². The number of hydrogen-bond acceptors (Lipinski definition) is 3. The average Bonchev–Trinajstić information content (AvgIpc) is 2.84. The van der Waals surface area contributed by atoms with Crippen LogP contribution in [-0.4, -0.2) is 21.4 Å². The van der Waals surface area contributed by atoms with Crippen LogP contribution in [0.2, 0.25) is 0 Å². The maximum atomic E-state index is 11.9. The maximum Gasteiger partial charge on any atom is 0.352 e. The fourth-order valence-electron chi connectivity index (χ4n) is 1.46. The molecule has 2 heterocycles. The SMILES string of the molecule is Cn1cc(C(=O)c2ccsc2)cc1C(=O)O. The van der Waals surface area contributed by atoms with Crippen molar-refractivity contribution in [3.05, 3.63) is 45.9 Å². The van der Waals surface area contributed by atoms with Gasteiger partial charge in [-0.05, 0) is 17.5 Å². The summed E-state index contributed by atoms with van der Waals surface area (Å²) in [6.45, 7) is 0. The first-order valence-corrected chi connectivity index (χ1v) is 5.50. The molecule has 2 aromatic heterocycles.